The largest absolute Gasteiger partial charge is 0.329 e. The second-order valence-corrected chi connectivity index (χ2v) is 7.62. The SMILES string of the molecule is CC(C)n1c(=O)[nH]c2c(c1=O)C1(CCCCC1)Cc1ccccc1-2. The van der Waals surface area contributed by atoms with Crippen LogP contribution in [0.2, 0.25) is 0 Å². The fourth-order valence-corrected chi connectivity index (χ4v) is 4.74. The zero-order chi connectivity index (χ0) is 16.9. The monoisotopic (exact) mass is 324 g/mol. The van der Waals surface area contributed by atoms with Gasteiger partial charge in [0.15, 0.2) is 0 Å². The van der Waals surface area contributed by atoms with Crippen LogP contribution in [0.4, 0.5) is 0 Å². The summed E-state index contributed by atoms with van der Waals surface area (Å²) >= 11 is 0. The van der Waals surface area contributed by atoms with E-state index >= 15 is 0 Å². The van der Waals surface area contributed by atoms with Crippen LogP contribution in [0, 0.1) is 0 Å². The second-order valence-electron chi connectivity index (χ2n) is 7.62. The van der Waals surface area contributed by atoms with E-state index in [1.54, 1.807) is 0 Å². The van der Waals surface area contributed by atoms with E-state index in [4.69, 9.17) is 0 Å². The smallest absolute Gasteiger partial charge is 0.306 e. The van der Waals surface area contributed by atoms with Gasteiger partial charge >= 0.3 is 5.69 Å². The second kappa shape index (κ2) is 5.47. The average Bonchev–Trinajstić information content (AvgIpc) is 2.55. The standard InChI is InChI=1S/C20H24N2O2/c1-13(2)22-18(23)16-17(21-19(22)24)15-9-5-4-8-14(15)12-20(16)10-6-3-7-11-20/h4-5,8-9,13H,3,6-7,10-12H2,1-2H3,(H,21,24). The summed E-state index contributed by atoms with van der Waals surface area (Å²) in [5, 5.41) is 0. The zero-order valence-electron chi connectivity index (χ0n) is 14.4. The molecule has 1 aromatic carbocycles. The van der Waals surface area contributed by atoms with Gasteiger partial charge in [0.2, 0.25) is 0 Å². The molecular weight excluding hydrogens is 300 g/mol. The molecule has 4 heteroatoms. The van der Waals surface area contributed by atoms with E-state index in [1.807, 2.05) is 32.0 Å². The number of benzene rings is 1. The van der Waals surface area contributed by atoms with Crippen molar-refractivity contribution >= 4 is 0 Å². The van der Waals surface area contributed by atoms with E-state index in [0.717, 1.165) is 48.9 Å². The van der Waals surface area contributed by atoms with Crippen molar-refractivity contribution in [3.63, 3.8) is 0 Å². The molecule has 1 fully saturated rings. The number of H-pyrrole nitrogens is 1. The Morgan fingerprint density at radius 2 is 1.79 bits per heavy atom. The first-order valence-electron chi connectivity index (χ1n) is 9.01. The van der Waals surface area contributed by atoms with Crippen molar-refractivity contribution in [3.05, 3.63) is 56.2 Å². The summed E-state index contributed by atoms with van der Waals surface area (Å²) in [6.45, 7) is 3.79. The van der Waals surface area contributed by atoms with Gasteiger partial charge in [-0.15, -0.1) is 0 Å². The Bertz CT molecular complexity index is 899. The third kappa shape index (κ3) is 2.12. The number of fused-ring (bicyclic) bond motifs is 4. The first-order valence-corrected chi connectivity index (χ1v) is 9.01. The van der Waals surface area contributed by atoms with Gasteiger partial charge in [0.1, 0.15) is 0 Å². The van der Waals surface area contributed by atoms with Crippen LogP contribution >= 0.6 is 0 Å². The number of aromatic amines is 1. The van der Waals surface area contributed by atoms with E-state index in [9.17, 15) is 9.59 Å². The van der Waals surface area contributed by atoms with Gasteiger partial charge in [-0.2, -0.15) is 0 Å². The molecule has 1 heterocycles. The minimum atomic E-state index is -0.295. The number of nitrogens with one attached hydrogen (secondary N) is 1. The highest BCUT2D eigenvalue weighted by Crippen LogP contribution is 2.48. The third-order valence-electron chi connectivity index (χ3n) is 5.81. The molecule has 4 rings (SSSR count). The molecule has 2 aromatic rings. The number of hydrogen-bond acceptors (Lipinski definition) is 2. The Labute approximate surface area is 141 Å². The Balaban J connectivity index is 2.08. The van der Waals surface area contributed by atoms with Crippen LogP contribution in [0.25, 0.3) is 11.3 Å². The number of hydrogen-bond donors (Lipinski definition) is 1. The van der Waals surface area contributed by atoms with Crippen LogP contribution in [0.1, 0.15) is 63.1 Å². The predicted octanol–water partition coefficient (Wildman–Crippen LogP) is 3.54. The van der Waals surface area contributed by atoms with E-state index in [2.05, 4.69) is 11.1 Å². The molecule has 1 spiro atoms. The lowest BCUT2D eigenvalue weighted by Gasteiger charge is -2.42. The Morgan fingerprint density at radius 1 is 1.08 bits per heavy atom. The third-order valence-corrected chi connectivity index (χ3v) is 5.81. The molecule has 0 radical (unpaired) electrons. The van der Waals surface area contributed by atoms with E-state index in [-0.39, 0.29) is 22.7 Å². The highest BCUT2D eigenvalue weighted by atomic mass is 16.2. The molecule has 2 aliphatic rings. The van der Waals surface area contributed by atoms with Crippen LogP contribution in [-0.4, -0.2) is 9.55 Å². The van der Waals surface area contributed by atoms with Gasteiger partial charge in [-0.1, -0.05) is 43.5 Å². The van der Waals surface area contributed by atoms with E-state index < -0.39 is 0 Å². The van der Waals surface area contributed by atoms with Crippen LogP contribution in [0.15, 0.2) is 33.9 Å². The number of nitrogens with zero attached hydrogens (tertiary/aromatic N) is 1. The van der Waals surface area contributed by atoms with Crippen molar-refractivity contribution in [1.29, 1.82) is 0 Å². The van der Waals surface area contributed by atoms with Gasteiger partial charge in [-0.3, -0.25) is 9.36 Å². The lowest BCUT2D eigenvalue weighted by atomic mass is 9.62. The summed E-state index contributed by atoms with van der Waals surface area (Å²) in [7, 11) is 0. The van der Waals surface area contributed by atoms with Gasteiger partial charge in [-0.25, -0.2) is 4.79 Å². The van der Waals surface area contributed by atoms with Crippen molar-refractivity contribution in [3.8, 4) is 11.3 Å². The molecule has 0 bridgehead atoms. The topological polar surface area (TPSA) is 54.9 Å². The first-order chi connectivity index (χ1) is 11.5. The molecule has 1 saturated carbocycles. The van der Waals surface area contributed by atoms with Crippen LogP contribution in [0.5, 0.6) is 0 Å². The van der Waals surface area contributed by atoms with Gasteiger partial charge < -0.3 is 4.98 Å². The minimum Gasteiger partial charge on any atom is -0.306 e. The van der Waals surface area contributed by atoms with Gasteiger partial charge in [0.25, 0.3) is 5.56 Å². The summed E-state index contributed by atoms with van der Waals surface area (Å²) < 4.78 is 1.39. The fourth-order valence-electron chi connectivity index (χ4n) is 4.74. The maximum atomic E-state index is 13.3. The van der Waals surface area contributed by atoms with Crippen molar-refractivity contribution in [2.45, 2.75) is 63.8 Å². The molecule has 0 atom stereocenters. The molecule has 2 aliphatic carbocycles. The molecule has 0 saturated heterocycles. The van der Waals surface area contributed by atoms with Gasteiger partial charge in [0, 0.05) is 22.6 Å². The summed E-state index contributed by atoms with van der Waals surface area (Å²) in [4.78, 5) is 28.9. The van der Waals surface area contributed by atoms with Crippen molar-refractivity contribution in [2.24, 2.45) is 0 Å². The lowest BCUT2D eigenvalue weighted by molar-refractivity contribution is 0.282. The molecule has 1 aromatic heterocycles. The summed E-state index contributed by atoms with van der Waals surface area (Å²) in [6.07, 6.45) is 6.53. The van der Waals surface area contributed by atoms with Crippen molar-refractivity contribution < 1.29 is 0 Å². The highest BCUT2D eigenvalue weighted by molar-refractivity contribution is 5.71. The lowest BCUT2D eigenvalue weighted by Crippen LogP contribution is -2.47. The van der Waals surface area contributed by atoms with E-state index in [1.165, 1.54) is 16.6 Å². The van der Waals surface area contributed by atoms with E-state index in [0.29, 0.717) is 0 Å². The zero-order valence-corrected chi connectivity index (χ0v) is 14.4. The maximum Gasteiger partial charge on any atom is 0.329 e. The summed E-state index contributed by atoms with van der Waals surface area (Å²) in [5.41, 5.74) is 3.41. The van der Waals surface area contributed by atoms with Crippen molar-refractivity contribution in [1.82, 2.24) is 9.55 Å². The maximum absolute atomic E-state index is 13.3. The molecule has 24 heavy (non-hydrogen) atoms. The van der Waals surface area contributed by atoms with Gasteiger partial charge in [0.05, 0.1) is 5.69 Å². The quantitative estimate of drug-likeness (QED) is 0.872. The average molecular weight is 324 g/mol. The fraction of sp³-hybridized carbons (Fsp3) is 0.500. The van der Waals surface area contributed by atoms with Crippen LogP contribution < -0.4 is 11.2 Å². The number of rotatable bonds is 1. The van der Waals surface area contributed by atoms with Crippen LogP contribution in [0.3, 0.4) is 0 Å². The molecule has 4 nitrogen and oxygen atoms in total. The Kier molecular flexibility index (Phi) is 3.52. The molecule has 0 aliphatic heterocycles. The molecule has 126 valence electrons. The number of aromatic nitrogens is 2. The molecule has 0 amide bonds. The van der Waals surface area contributed by atoms with Gasteiger partial charge in [-0.05, 0) is 38.7 Å². The summed E-state index contributed by atoms with van der Waals surface area (Å²) in [6, 6.07) is 8.06. The van der Waals surface area contributed by atoms with Crippen molar-refractivity contribution in [2.75, 3.05) is 0 Å². The minimum absolute atomic E-state index is 0.0832. The predicted molar refractivity (Wildman–Crippen MR) is 95.6 cm³/mol. The van der Waals surface area contributed by atoms with Crippen LogP contribution in [-0.2, 0) is 11.8 Å². The Hall–Kier alpha value is -2.10. The highest BCUT2D eigenvalue weighted by Gasteiger charge is 2.43. The first kappa shape index (κ1) is 15.4. The Morgan fingerprint density at radius 3 is 2.50 bits per heavy atom. The normalized spacial score (nSPS) is 18.5. The molecular formula is C20H24N2O2. The summed E-state index contributed by atoms with van der Waals surface area (Å²) in [5.74, 6) is 0. The molecule has 0 unspecified atom stereocenters. The molecule has 1 N–H and O–H groups in total.